The van der Waals surface area contributed by atoms with E-state index < -0.39 is 0 Å². The quantitative estimate of drug-likeness (QED) is 0.342. The molecule has 0 aliphatic carbocycles. The number of hydrogen-bond acceptors (Lipinski definition) is 1. The standard InChI is InChI=1S/C5H6O/c1-3-5(6)4-2/h1,4,6H,2H3/b5-4-. The van der Waals surface area contributed by atoms with Gasteiger partial charge in [-0.25, -0.2) is 0 Å². The van der Waals surface area contributed by atoms with E-state index in [4.69, 9.17) is 11.5 Å². The molecule has 0 unspecified atom stereocenters. The van der Waals surface area contributed by atoms with Gasteiger partial charge in [-0.15, -0.1) is 6.42 Å². The topological polar surface area (TPSA) is 20.2 Å². The van der Waals surface area contributed by atoms with Gasteiger partial charge in [-0.05, 0) is 18.9 Å². The minimum absolute atomic E-state index is 0.00463. The summed E-state index contributed by atoms with van der Waals surface area (Å²) in [7, 11) is 0. The highest BCUT2D eigenvalue weighted by molar-refractivity contribution is 5.15. The average Bonchev–Trinajstić information content (AvgIpc) is 1.65. The summed E-state index contributed by atoms with van der Waals surface area (Å²) in [4.78, 5) is 0. The second-order valence-electron chi connectivity index (χ2n) is 0.818. The zero-order valence-corrected chi connectivity index (χ0v) is 3.60. The van der Waals surface area contributed by atoms with Crippen LogP contribution in [0.3, 0.4) is 0 Å². The molecular weight excluding hydrogens is 76.1 g/mol. The Labute approximate surface area is 37.3 Å². The van der Waals surface area contributed by atoms with Gasteiger partial charge in [0.05, 0.1) is 0 Å². The van der Waals surface area contributed by atoms with Crippen LogP contribution in [0, 0.1) is 12.3 Å². The van der Waals surface area contributed by atoms with Crippen molar-refractivity contribution in [2.24, 2.45) is 0 Å². The lowest BCUT2D eigenvalue weighted by molar-refractivity contribution is 0.437. The van der Waals surface area contributed by atoms with E-state index in [2.05, 4.69) is 0 Å². The van der Waals surface area contributed by atoms with Crippen LogP contribution in [-0.2, 0) is 0 Å². The molecule has 0 amide bonds. The van der Waals surface area contributed by atoms with Gasteiger partial charge >= 0.3 is 0 Å². The van der Waals surface area contributed by atoms with E-state index >= 15 is 0 Å². The number of terminal acetylenes is 1. The molecule has 0 bridgehead atoms. The molecule has 0 fully saturated rings. The second kappa shape index (κ2) is 2.34. The molecule has 0 aromatic rings. The van der Waals surface area contributed by atoms with Crippen LogP contribution >= 0.6 is 0 Å². The molecule has 1 nitrogen and oxygen atoms in total. The molecule has 0 heterocycles. The van der Waals surface area contributed by atoms with E-state index in [-0.39, 0.29) is 5.76 Å². The third-order valence-corrected chi connectivity index (χ3v) is 0.421. The fraction of sp³-hybridized carbons (Fsp3) is 0.200. The van der Waals surface area contributed by atoms with E-state index in [1.165, 1.54) is 6.08 Å². The van der Waals surface area contributed by atoms with Crippen LogP contribution in [0.1, 0.15) is 6.92 Å². The number of allylic oxidation sites excluding steroid dienone is 2. The first-order chi connectivity index (χ1) is 2.81. The Bertz CT molecular complexity index is 95.0. The number of aliphatic hydroxyl groups is 1. The summed E-state index contributed by atoms with van der Waals surface area (Å²) in [5, 5.41) is 8.29. The van der Waals surface area contributed by atoms with Crippen molar-refractivity contribution in [3.63, 3.8) is 0 Å². The minimum atomic E-state index is -0.00463. The molecule has 0 aromatic heterocycles. The molecule has 0 saturated heterocycles. The lowest BCUT2D eigenvalue weighted by Gasteiger charge is -1.75. The maximum atomic E-state index is 8.29. The maximum Gasteiger partial charge on any atom is 0.162 e. The lowest BCUT2D eigenvalue weighted by Crippen LogP contribution is -1.66. The molecule has 0 aliphatic rings. The van der Waals surface area contributed by atoms with Crippen molar-refractivity contribution >= 4 is 0 Å². The highest BCUT2D eigenvalue weighted by Crippen LogP contribution is 1.77. The van der Waals surface area contributed by atoms with E-state index in [9.17, 15) is 0 Å². The first-order valence-corrected chi connectivity index (χ1v) is 1.63. The van der Waals surface area contributed by atoms with Crippen molar-refractivity contribution in [3.8, 4) is 12.3 Å². The zero-order valence-electron chi connectivity index (χ0n) is 3.60. The fourth-order valence-electron chi connectivity index (χ4n) is 0.0833. The van der Waals surface area contributed by atoms with Crippen molar-refractivity contribution in [3.05, 3.63) is 11.8 Å². The first kappa shape index (κ1) is 5.10. The third kappa shape index (κ3) is 1.42. The molecule has 1 N–H and O–H groups in total. The monoisotopic (exact) mass is 82.0 g/mol. The highest BCUT2D eigenvalue weighted by Gasteiger charge is 1.70. The van der Waals surface area contributed by atoms with E-state index in [1.54, 1.807) is 6.92 Å². The number of rotatable bonds is 0. The van der Waals surface area contributed by atoms with E-state index in [1.807, 2.05) is 5.92 Å². The molecule has 0 radical (unpaired) electrons. The second-order valence-corrected chi connectivity index (χ2v) is 0.818. The molecule has 0 saturated carbocycles. The van der Waals surface area contributed by atoms with E-state index in [0.717, 1.165) is 0 Å². The Morgan fingerprint density at radius 2 is 2.50 bits per heavy atom. The van der Waals surface area contributed by atoms with Crippen molar-refractivity contribution in [2.45, 2.75) is 6.92 Å². The molecule has 0 aromatic carbocycles. The molecule has 0 aliphatic heterocycles. The van der Waals surface area contributed by atoms with Gasteiger partial charge in [-0.1, -0.05) is 0 Å². The van der Waals surface area contributed by atoms with Crippen molar-refractivity contribution in [1.82, 2.24) is 0 Å². The fourth-order valence-corrected chi connectivity index (χ4v) is 0.0833. The molecular formula is C5H6O. The van der Waals surface area contributed by atoms with Gasteiger partial charge in [-0.2, -0.15) is 0 Å². The Morgan fingerprint density at radius 1 is 2.00 bits per heavy atom. The van der Waals surface area contributed by atoms with Gasteiger partial charge in [0.25, 0.3) is 0 Å². The summed E-state index contributed by atoms with van der Waals surface area (Å²) in [6.07, 6.45) is 6.17. The van der Waals surface area contributed by atoms with Crippen LogP contribution in [0.2, 0.25) is 0 Å². The maximum absolute atomic E-state index is 8.29. The van der Waals surface area contributed by atoms with Gasteiger partial charge in [0.2, 0.25) is 0 Å². The highest BCUT2D eigenvalue weighted by atomic mass is 16.3. The van der Waals surface area contributed by atoms with Gasteiger partial charge < -0.3 is 5.11 Å². The molecule has 0 atom stereocenters. The zero-order chi connectivity index (χ0) is 4.99. The van der Waals surface area contributed by atoms with Gasteiger partial charge in [0.15, 0.2) is 5.76 Å². The summed E-state index contributed by atoms with van der Waals surface area (Å²) in [5.41, 5.74) is 0. The SMILES string of the molecule is C#C/C(O)=C/C. The summed E-state index contributed by atoms with van der Waals surface area (Å²) >= 11 is 0. The van der Waals surface area contributed by atoms with Crippen LogP contribution in [0.5, 0.6) is 0 Å². The van der Waals surface area contributed by atoms with Crippen LogP contribution < -0.4 is 0 Å². The average molecular weight is 82.1 g/mol. The Morgan fingerprint density at radius 3 is 2.50 bits per heavy atom. The smallest absolute Gasteiger partial charge is 0.162 e. The molecule has 6 heavy (non-hydrogen) atoms. The van der Waals surface area contributed by atoms with Crippen LogP contribution in [0.4, 0.5) is 0 Å². The van der Waals surface area contributed by atoms with Gasteiger partial charge in [0, 0.05) is 0 Å². The molecule has 32 valence electrons. The van der Waals surface area contributed by atoms with Gasteiger partial charge in [0.1, 0.15) is 0 Å². The van der Waals surface area contributed by atoms with Gasteiger partial charge in [-0.3, -0.25) is 0 Å². The number of aliphatic hydroxyl groups excluding tert-OH is 1. The Kier molecular flexibility index (Phi) is 1.99. The van der Waals surface area contributed by atoms with Crippen LogP contribution in [-0.4, -0.2) is 5.11 Å². The Balaban J connectivity index is 3.61. The van der Waals surface area contributed by atoms with Crippen LogP contribution in [0.25, 0.3) is 0 Å². The minimum Gasteiger partial charge on any atom is -0.501 e. The van der Waals surface area contributed by atoms with Crippen LogP contribution in [0.15, 0.2) is 11.8 Å². The summed E-state index contributed by atoms with van der Waals surface area (Å²) < 4.78 is 0. The van der Waals surface area contributed by atoms with Crippen molar-refractivity contribution in [1.29, 1.82) is 0 Å². The lowest BCUT2D eigenvalue weighted by atomic mass is 10.5. The van der Waals surface area contributed by atoms with E-state index in [0.29, 0.717) is 0 Å². The first-order valence-electron chi connectivity index (χ1n) is 1.63. The molecule has 0 spiro atoms. The molecule has 0 rings (SSSR count). The predicted molar refractivity (Wildman–Crippen MR) is 25.2 cm³/mol. The Hall–Kier alpha value is -0.900. The number of hydrogen-bond donors (Lipinski definition) is 1. The van der Waals surface area contributed by atoms with Crippen molar-refractivity contribution in [2.75, 3.05) is 0 Å². The largest absolute Gasteiger partial charge is 0.501 e. The summed E-state index contributed by atoms with van der Waals surface area (Å²) in [6.45, 7) is 1.68. The third-order valence-electron chi connectivity index (χ3n) is 0.421. The summed E-state index contributed by atoms with van der Waals surface area (Å²) in [5.74, 6) is 2.03. The predicted octanol–water partition coefficient (Wildman–Crippen LogP) is 1.08. The van der Waals surface area contributed by atoms with Crippen molar-refractivity contribution < 1.29 is 5.11 Å². The summed E-state index contributed by atoms with van der Waals surface area (Å²) in [6, 6.07) is 0. The molecule has 1 heteroatoms. The normalized spacial score (nSPS) is 10.3.